The fraction of sp³-hybridized carbons (Fsp3) is 0.316. The first-order chi connectivity index (χ1) is 10.0. The van der Waals surface area contributed by atoms with Crippen LogP contribution in [0.5, 0.6) is 0 Å². The third kappa shape index (κ3) is 15.9. The van der Waals surface area contributed by atoms with E-state index in [2.05, 4.69) is 26.7 Å². The molecule has 0 spiro atoms. The monoisotopic (exact) mass is 288 g/mol. The second-order valence-electron chi connectivity index (χ2n) is 4.29. The summed E-state index contributed by atoms with van der Waals surface area (Å²) >= 11 is 0. The molecule has 0 aromatic heterocycles. The predicted octanol–water partition coefficient (Wildman–Crippen LogP) is 5.43. The molecule has 0 radical (unpaired) electrons. The Morgan fingerprint density at radius 1 is 1.24 bits per heavy atom. The average molecular weight is 288 g/mol. The maximum atomic E-state index is 10.7. The van der Waals surface area contributed by atoms with Crippen molar-refractivity contribution in [2.24, 2.45) is 0 Å². The third-order valence-electron chi connectivity index (χ3n) is 2.11. The molecule has 0 aliphatic carbocycles. The first kappa shape index (κ1) is 21.2. The molecule has 0 aliphatic rings. The summed E-state index contributed by atoms with van der Waals surface area (Å²) in [5.74, 6) is -0.284. The summed E-state index contributed by atoms with van der Waals surface area (Å²) in [6, 6.07) is 10.0. The Labute approximate surface area is 129 Å². The third-order valence-corrected chi connectivity index (χ3v) is 2.11. The molecule has 21 heavy (non-hydrogen) atoms. The van der Waals surface area contributed by atoms with Gasteiger partial charge in [-0.3, -0.25) is 0 Å². The van der Waals surface area contributed by atoms with Gasteiger partial charge in [0.05, 0.1) is 6.61 Å². The summed E-state index contributed by atoms with van der Waals surface area (Å²) in [5.41, 5.74) is 1.64. The van der Waals surface area contributed by atoms with Crippen molar-refractivity contribution in [2.75, 3.05) is 6.61 Å². The lowest BCUT2D eigenvalue weighted by Gasteiger charge is -2.01. The highest BCUT2D eigenvalue weighted by Crippen LogP contribution is 1.97. The molecule has 1 rings (SSSR count). The zero-order chi connectivity index (χ0) is 16.5. The second kappa shape index (κ2) is 16.0. The van der Waals surface area contributed by atoms with Gasteiger partial charge in [0.1, 0.15) is 0 Å². The van der Waals surface area contributed by atoms with E-state index >= 15 is 0 Å². The Kier molecular flexibility index (Phi) is 16.1. The van der Waals surface area contributed by atoms with Crippen molar-refractivity contribution in [3.63, 3.8) is 0 Å². The van der Waals surface area contributed by atoms with Crippen LogP contribution in [-0.2, 0) is 9.53 Å². The van der Waals surface area contributed by atoms with E-state index < -0.39 is 0 Å². The Balaban J connectivity index is 0. The number of unbranched alkanes of at least 4 members (excludes halogenated alkanes) is 1. The lowest BCUT2D eigenvalue weighted by Crippen LogP contribution is -2.05. The van der Waals surface area contributed by atoms with Crippen molar-refractivity contribution in [3.05, 3.63) is 67.3 Å². The van der Waals surface area contributed by atoms with Gasteiger partial charge >= 0.3 is 5.97 Å². The number of carbonyl (C=O) groups excluding carboxylic acids is 1. The van der Waals surface area contributed by atoms with Gasteiger partial charge in [-0.15, -0.1) is 6.58 Å². The summed E-state index contributed by atoms with van der Waals surface area (Å²) in [7, 11) is 0. The van der Waals surface area contributed by atoms with Gasteiger partial charge in [0.2, 0.25) is 0 Å². The van der Waals surface area contributed by atoms with Crippen molar-refractivity contribution < 1.29 is 9.53 Å². The molecule has 0 saturated heterocycles. The van der Waals surface area contributed by atoms with Crippen molar-refractivity contribution in [1.29, 1.82) is 0 Å². The molecule has 1 aromatic carbocycles. The van der Waals surface area contributed by atoms with Crippen LogP contribution in [0.4, 0.5) is 0 Å². The van der Waals surface area contributed by atoms with E-state index in [1.807, 2.05) is 43.3 Å². The zero-order valence-electron chi connectivity index (χ0n) is 13.6. The number of hydrogen-bond acceptors (Lipinski definition) is 2. The van der Waals surface area contributed by atoms with E-state index in [4.69, 9.17) is 4.74 Å². The SMILES string of the molecule is C=C(C)C(=O)OCCCC.C=CC.C=Cc1ccccc1. The van der Waals surface area contributed by atoms with E-state index in [9.17, 15) is 4.79 Å². The first-order valence-corrected chi connectivity index (χ1v) is 7.10. The van der Waals surface area contributed by atoms with Crippen LogP contribution in [0.1, 0.15) is 39.2 Å². The Hall–Kier alpha value is -2.09. The largest absolute Gasteiger partial charge is 0.462 e. The van der Waals surface area contributed by atoms with E-state index in [1.165, 1.54) is 5.56 Å². The Morgan fingerprint density at radius 3 is 2.10 bits per heavy atom. The molecular weight excluding hydrogens is 260 g/mol. The molecule has 0 unspecified atom stereocenters. The summed E-state index contributed by atoms with van der Waals surface area (Å²) in [4.78, 5) is 10.7. The maximum absolute atomic E-state index is 10.7. The number of rotatable bonds is 5. The molecule has 2 nitrogen and oxygen atoms in total. The van der Waals surface area contributed by atoms with E-state index in [1.54, 1.807) is 13.0 Å². The highest BCUT2D eigenvalue weighted by molar-refractivity contribution is 5.86. The lowest BCUT2D eigenvalue weighted by molar-refractivity contribution is -0.139. The average Bonchev–Trinajstić information content (AvgIpc) is 2.49. The van der Waals surface area contributed by atoms with Gasteiger partial charge in [-0.2, -0.15) is 0 Å². The van der Waals surface area contributed by atoms with E-state index in [-0.39, 0.29) is 5.97 Å². The minimum Gasteiger partial charge on any atom is -0.462 e. The van der Waals surface area contributed by atoms with E-state index in [0.29, 0.717) is 12.2 Å². The lowest BCUT2D eigenvalue weighted by atomic mass is 10.2. The zero-order valence-corrected chi connectivity index (χ0v) is 13.6. The predicted molar refractivity (Wildman–Crippen MR) is 93.1 cm³/mol. The molecular formula is C19H28O2. The minimum absolute atomic E-state index is 0.284. The Morgan fingerprint density at radius 2 is 1.76 bits per heavy atom. The molecule has 0 amide bonds. The topological polar surface area (TPSA) is 26.3 Å². The number of carbonyl (C=O) groups is 1. The summed E-state index contributed by atoms with van der Waals surface area (Å²) < 4.78 is 4.81. The fourth-order valence-corrected chi connectivity index (χ4v) is 1.02. The summed E-state index contributed by atoms with van der Waals surface area (Å²) in [6.45, 7) is 16.6. The highest BCUT2D eigenvalue weighted by atomic mass is 16.5. The fourth-order valence-electron chi connectivity index (χ4n) is 1.02. The van der Waals surface area contributed by atoms with Crippen molar-refractivity contribution in [3.8, 4) is 0 Å². The van der Waals surface area contributed by atoms with Crippen LogP contribution >= 0.6 is 0 Å². The highest BCUT2D eigenvalue weighted by Gasteiger charge is 2.00. The molecule has 0 atom stereocenters. The quantitative estimate of drug-likeness (QED) is 0.312. The van der Waals surface area contributed by atoms with Crippen molar-refractivity contribution in [1.82, 2.24) is 0 Å². The molecule has 2 heteroatoms. The van der Waals surface area contributed by atoms with Crippen LogP contribution in [0.15, 0.2) is 61.7 Å². The van der Waals surface area contributed by atoms with Crippen LogP contribution in [0.2, 0.25) is 0 Å². The second-order valence-corrected chi connectivity index (χ2v) is 4.29. The van der Waals surface area contributed by atoms with Crippen LogP contribution in [0.3, 0.4) is 0 Å². The summed E-state index contributed by atoms with van der Waals surface area (Å²) in [6.07, 6.45) is 5.56. The number of esters is 1. The van der Waals surface area contributed by atoms with Crippen LogP contribution < -0.4 is 0 Å². The van der Waals surface area contributed by atoms with Crippen molar-refractivity contribution in [2.45, 2.75) is 33.6 Å². The van der Waals surface area contributed by atoms with Gasteiger partial charge in [-0.1, -0.05) is 69.0 Å². The van der Waals surface area contributed by atoms with Crippen LogP contribution in [0, 0.1) is 0 Å². The van der Waals surface area contributed by atoms with Gasteiger partial charge in [-0.25, -0.2) is 4.79 Å². The number of hydrogen-bond donors (Lipinski definition) is 0. The maximum Gasteiger partial charge on any atom is 0.333 e. The molecule has 0 saturated carbocycles. The Bertz CT molecular complexity index is 405. The van der Waals surface area contributed by atoms with Gasteiger partial charge in [0.25, 0.3) is 0 Å². The molecule has 0 heterocycles. The first-order valence-electron chi connectivity index (χ1n) is 7.10. The molecule has 1 aromatic rings. The van der Waals surface area contributed by atoms with Crippen LogP contribution in [0.25, 0.3) is 6.08 Å². The molecule has 0 fully saturated rings. The van der Waals surface area contributed by atoms with Crippen LogP contribution in [-0.4, -0.2) is 12.6 Å². The minimum atomic E-state index is -0.284. The van der Waals surface area contributed by atoms with Gasteiger partial charge in [-0.05, 0) is 25.8 Å². The summed E-state index contributed by atoms with van der Waals surface area (Å²) in [5, 5.41) is 0. The van der Waals surface area contributed by atoms with Crippen molar-refractivity contribution >= 4 is 12.0 Å². The van der Waals surface area contributed by atoms with Gasteiger partial charge in [0.15, 0.2) is 0 Å². The molecule has 0 aliphatic heterocycles. The standard InChI is InChI=1S/C8H14O2.C8H8.C3H6/c1-4-5-6-10-8(9)7(2)3;1-2-8-6-4-3-5-7-8;1-3-2/h2,4-6H2,1,3H3;2-7H,1H2;3H,1H2,2H3. The number of allylic oxidation sites excluding steroid dienone is 1. The molecule has 0 bridgehead atoms. The van der Waals surface area contributed by atoms with Gasteiger partial charge < -0.3 is 4.74 Å². The smallest absolute Gasteiger partial charge is 0.333 e. The van der Waals surface area contributed by atoms with E-state index in [0.717, 1.165) is 12.8 Å². The normalized spacial score (nSPS) is 8.14. The number of ether oxygens (including phenoxy) is 1. The molecule has 0 N–H and O–H groups in total. The van der Waals surface area contributed by atoms with Gasteiger partial charge in [0, 0.05) is 5.57 Å². The molecule has 116 valence electrons. The number of benzene rings is 1.